The molecule has 0 saturated heterocycles. The van der Waals surface area contributed by atoms with Gasteiger partial charge in [-0.05, 0) is 146 Å². The van der Waals surface area contributed by atoms with Crippen LogP contribution in [0.1, 0.15) is 52.1 Å². The van der Waals surface area contributed by atoms with Crippen LogP contribution in [0.5, 0.6) is 0 Å². The van der Waals surface area contributed by atoms with Gasteiger partial charge in [-0.25, -0.2) is 0 Å². The SMILES string of the molecule is C1=C(c2ccccc2)N=C(c2ccccc2)CCC=C1c1cccc2oc3ccc(C4Cc5ccc(-c6cc(-c7ccccc7)cc(-c7ccccc7)c6)cc5-c5ccccc54)cc3c12. The van der Waals surface area contributed by atoms with Crippen molar-refractivity contribution in [3.05, 3.63) is 264 Å². The number of aliphatic imine (C=N–C) groups is 1. The fourth-order valence-corrected chi connectivity index (χ4v) is 10.1. The highest BCUT2D eigenvalue weighted by Crippen LogP contribution is 2.46. The molecule has 2 heterocycles. The predicted molar refractivity (Wildman–Crippen MR) is 272 cm³/mol. The van der Waals surface area contributed by atoms with Crippen molar-refractivity contribution >= 4 is 38.9 Å². The molecule has 0 bridgehead atoms. The lowest BCUT2D eigenvalue weighted by Crippen LogP contribution is -2.12. The van der Waals surface area contributed by atoms with Crippen LogP contribution in [0.3, 0.4) is 0 Å². The second-order valence-electron chi connectivity index (χ2n) is 17.3. The van der Waals surface area contributed by atoms with E-state index in [1.165, 1.54) is 72.3 Å². The molecule has 1 atom stereocenters. The maximum absolute atomic E-state index is 6.65. The summed E-state index contributed by atoms with van der Waals surface area (Å²) in [6.07, 6.45) is 7.31. The second kappa shape index (κ2) is 16.6. The van der Waals surface area contributed by atoms with Crippen LogP contribution in [0, 0.1) is 0 Å². The summed E-state index contributed by atoms with van der Waals surface area (Å²) in [6.45, 7) is 0. The summed E-state index contributed by atoms with van der Waals surface area (Å²) in [6, 6.07) is 79.1. The van der Waals surface area contributed by atoms with Crippen LogP contribution in [-0.2, 0) is 6.42 Å². The number of allylic oxidation sites excluding steroid dienone is 3. The van der Waals surface area contributed by atoms with Gasteiger partial charge in [-0.15, -0.1) is 0 Å². The molecule has 1 aliphatic carbocycles. The Bertz CT molecular complexity index is 3430. The van der Waals surface area contributed by atoms with Crippen LogP contribution in [-0.4, -0.2) is 5.71 Å². The van der Waals surface area contributed by atoms with E-state index in [4.69, 9.17) is 9.41 Å². The normalized spacial score (nSPS) is 14.7. The first-order chi connectivity index (χ1) is 32.2. The van der Waals surface area contributed by atoms with E-state index in [0.717, 1.165) is 63.7 Å². The Labute approximate surface area is 380 Å². The van der Waals surface area contributed by atoms with Crippen molar-refractivity contribution in [2.75, 3.05) is 0 Å². The predicted octanol–water partition coefficient (Wildman–Crippen LogP) is 16.6. The third kappa shape index (κ3) is 7.33. The van der Waals surface area contributed by atoms with Crippen molar-refractivity contribution in [2.45, 2.75) is 25.2 Å². The summed E-state index contributed by atoms with van der Waals surface area (Å²) in [5.74, 6) is 0.188. The monoisotopic (exact) mass is 831 g/mol. The molecule has 2 aliphatic rings. The standard InChI is InChI=1S/C63H45NO/c1-5-17-42(18-6-1)50-35-51(43-19-7-2-8-20-43)37-52(36-50)46-31-32-48-39-57(55-27-14-13-26-54(55)56(48)38-46)49-33-34-61-58(40-49)63-53(28-16-30-62(63)65-61)47-25-15-29-59(44-21-9-3-10-22-44)64-60(41-47)45-23-11-4-12-24-45/h1-14,16-28,30-38,40-41,57H,15,29,39H2. The van der Waals surface area contributed by atoms with E-state index in [1.807, 2.05) is 0 Å². The first-order valence-corrected chi connectivity index (χ1v) is 22.7. The van der Waals surface area contributed by atoms with Crippen LogP contribution in [0.2, 0.25) is 0 Å². The van der Waals surface area contributed by atoms with Gasteiger partial charge in [0.2, 0.25) is 0 Å². The van der Waals surface area contributed by atoms with Crippen LogP contribution in [0.15, 0.2) is 240 Å². The van der Waals surface area contributed by atoms with Crippen molar-refractivity contribution in [2.24, 2.45) is 4.99 Å². The lowest BCUT2D eigenvalue weighted by atomic mass is 9.75. The minimum absolute atomic E-state index is 0.188. The third-order valence-corrected chi connectivity index (χ3v) is 13.3. The van der Waals surface area contributed by atoms with E-state index >= 15 is 0 Å². The van der Waals surface area contributed by atoms with Crippen molar-refractivity contribution in [1.29, 1.82) is 0 Å². The van der Waals surface area contributed by atoms with Crippen molar-refractivity contribution in [3.8, 4) is 44.5 Å². The molecule has 12 rings (SSSR count). The molecular formula is C63H45NO. The first-order valence-electron chi connectivity index (χ1n) is 22.7. The summed E-state index contributed by atoms with van der Waals surface area (Å²) >= 11 is 0. The Morgan fingerprint density at radius 1 is 0.431 bits per heavy atom. The summed E-state index contributed by atoms with van der Waals surface area (Å²) in [4.78, 5) is 5.37. The van der Waals surface area contributed by atoms with E-state index in [9.17, 15) is 0 Å². The van der Waals surface area contributed by atoms with Gasteiger partial charge in [-0.2, -0.15) is 0 Å². The molecule has 2 heteroatoms. The average Bonchev–Trinajstić information content (AvgIpc) is 3.75. The lowest BCUT2D eigenvalue weighted by Gasteiger charge is -2.29. The molecule has 1 aliphatic heterocycles. The summed E-state index contributed by atoms with van der Waals surface area (Å²) in [7, 11) is 0. The summed E-state index contributed by atoms with van der Waals surface area (Å²) < 4.78 is 6.65. The zero-order chi connectivity index (χ0) is 43.1. The molecule has 0 N–H and O–H groups in total. The fraction of sp³-hybridized carbons (Fsp3) is 0.0635. The van der Waals surface area contributed by atoms with Crippen LogP contribution in [0.25, 0.3) is 77.7 Å². The minimum Gasteiger partial charge on any atom is -0.456 e. The number of rotatable bonds is 7. The number of furan rings is 1. The molecule has 0 spiro atoms. The zero-order valence-electron chi connectivity index (χ0n) is 36.0. The van der Waals surface area contributed by atoms with Gasteiger partial charge in [-0.3, -0.25) is 4.99 Å². The Morgan fingerprint density at radius 3 is 1.75 bits per heavy atom. The number of benzene rings is 9. The highest BCUT2D eigenvalue weighted by molar-refractivity contribution is 6.12. The van der Waals surface area contributed by atoms with Crippen molar-refractivity contribution in [1.82, 2.24) is 0 Å². The van der Waals surface area contributed by atoms with Crippen LogP contribution < -0.4 is 0 Å². The van der Waals surface area contributed by atoms with Crippen molar-refractivity contribution < 1.29 is 4.42 Å². The molecule has 9 aromatic carbocycles. The van der Waals surface area contributed by atoms with Gasteiger partial charge in [0.05, 0.1) is 5.70 Å². The zero-order valence-corrected chi connectivity index (χ0v) is 36.0. The second-order valence-corrected chi connectivity index (χ2v) is 17.3. The molecule has 0 amide bonds. The molecule has 0 radical (unpaired) electrons. The number of hydrogen-bond acceptors (Lipinski definition) is 2. The van der Waals surface area contributed by atoms with E-state index in [-0.39, 0.29) is 5.92 Å². The van der Waals surface area contributed by atoms with Gasteiger partial charge in [0.15, 0.2) is 0 Å². The van der Waals surface area contributed by atoms with Gasteiger partial charge in [0.25, 0.3) is 0 Å². The van der Waals surface area contributed by atoms with E-state index in [1.54, 1.807) is 0 Å². The maximum Gasteiger partial charge on any atom is 0.136 e. The molecule has 65 heavy (non-hydrogen) atoms. The smallest absolute Gasteiger partial charge is 0.136 e. The van der Waals surface area contributed by atoms with Gasteiger partial charge < -0.3 is 4.42 Å². The molecule has 10 aromatic rings. The number of nitrogens with zero attached hydrogens (tertiary/aromatic N) is 1. The van der Waals surface area contributed by atoms with Crippen LogP contribution >= 0.6 is 0 Å². The summed E-state index contributed by atoms with van der Waals surface area (Å²) in [5, 5.41) is 2.29. The average molecular weight is 832 g/mol. The Hall–Kier alpha value is -8.07. The van der Waals surface area contributed by atoms with E-state index in [0.29, 0.717) is 0 Å². The Kier molecular flexibility index (Phi) is 9.84. The summed E-state index contributed by atoms with van der Waals surface area (Å²) in [5.41, 5.74) is 22.4. The lowest BCUT2D eigenvalue weighted by molar-refractivity contribution is 0.668. The highest BCUT2D eigenvalue weighted by atomic mass is 16.3. The number of hydrogen-bond donors (Lipinski definition) is 0. The molecule has 1 unspecified atom stereocenters. The van der Waals surface area contributed by atoms with E-state index in [2.05, 4.69) is 231 Å². The fourth-order valence-electron chi connectivity index (χ4n) is 10.1. The van der Waals surface area contributed by atoms with Gasteiger partial charge in [-0.1, -0.05) is 182 Å². The van der Waals surface area contributed by atoms with Gasteiger partial charge in [0.1, 0.15) is 11.2 Å². The van der Waals surface area contributed by atoms with Gasteiger partial charge >= 0.3 is 0 Å². The molecule has 0 fully saturated rings. The molecule has 1 aromatic heterocycles. The third-order valence-electron chi connectivity index (χ3n) is 13.3. The molecule has 308 valence electrons. The first kappa shape index (κ1) is 38.6. The largest absolute Gasteiger partial charge is 0.456 e. The van der Waals surface area contributed by atoms with Crippen LogP contribution in [0.4, 0.5) is 0 Å². The molecule has 0 saturated carbocycles. The quantitative estimate of drug-likeness (QED) is 0.157. The Morgan fingerprint density at radius 2 is 1.05 bits per heavy atom. The molecular weight excluding hydrogens is 787 g/mol. The highest BCUT2D eigenvalue weighted by Gasteiger charge is 2.27. The maximum atomic E-state index is 6.65. The number of fused-ring (bicyclic) bond motifs is 6. The Balaban J connectivity index is 0.939. The van der Waals surface area contributed by atoms with Gasteiger partial charge in [0, 0.05) is 28.0 Å². The van der Waals surface area contributed by atoms with E-state index < -0.39 is 0 Å². The van der Waals surface area contributed by atoms with Crippen molar-refractivity contribution in [3.63, 3.8) is 0 Å². The topological polar surface area (TPSA) is 25.5 Å². The molecule has 2 nitrogen and oxygen atoms in total. The minimum atomic E-state index is 0.188.